The number of allylic oxidation sites excluding steroid dienone is 1. The highest BCUT2D eigenvalue weighted by atomic mass is 32.1. The molecular weight excluding hydrogens is 434 g/mol. The molecule has 4 aromatic rings. The lowest BCUT2D eigenvalue weighted by atomic mass is 9.96. The number of aryl methyl sites for hydroxylation is 1. The molecule has 0 spiro atoms. The van der Waals surface area contributed by atoms with E-state index in [0.717, 1.165) is 22.0 Å². The van der Waals surface area contributed by atoms with E-state index >= 15 is 0 Å². The van der Waals surface area contributed by atoms with E-state index in [2.05, 4.69) is 11.1 Å². The minimum atomic E-state index is -0.587. The summed E-state index contributed by atoms with van der Waals surface area (Å²) >= 11 is 1.34. The second kappa shape index (κ2) is 8.33. The Bertz CT molecular complexity index is 1590. The van der Waals surface area contributed by atoms with Crippen LogP contribution in [0, 0.1) is 0 Å². The van der Waals surface area contributed by atoms with Crippen LogP contribution < -0.4 is 14.9 Å². The zero-order valence-corrected chi connectivity index (χ0v) is 19.4. The summed E-state index contributed by atoms with van der Waals surface area (Å²) in [6.45, 7) is 3.82. The SMILES string of the molecule is CCOC(=O)C1=C(C)N=c2s/c(=C/c3cn(C)c4ccccc34)c(=O)n2[C@H]1c1ccccc1. The molecule has 7 heteroatoms. The number of thiazole rings is 1. The van der Waals surface area contributed by atoms with Crippen LogP contribution in [0.25, 0.3) is 17.0 Å². The number of fused-ring (bicyclic) bond motifs is 2. The van der Waals surface area contributed by atoms with Gasteiger partial charge in [0.05, 0.1) is 28.5 Å². The van der Waals surface area contributed by atoms with Gasteiger partial charge in [-0.15, -0.1) is 0 Å². The van der Waals surface area contributed by atoms with E-state index in [4.69, 9.17) is 4.74 Å². The molecule has 0 fully saturated rings. The first-order valence-corrected chi connectivity index (χ1v) is 11.6. The topological polar surface area (TPSA) is 65.6 Å². The average molecular weight is 458 g/mol. The minimum Gasteiger partial charge on any atom is -0.463 e. The van der Waals surface area contributed by atoms with Gasteiger partial charge in [-0.25, -0.2) is 9.79 Å². The van der Waals surface area contributed by atoms with Gasteiger partial charge in [0, 0.05) is 29.7 Å². The van der Waals surface area contributed by atoms with Crippen LogP contribution in [0.4, 0.5) is 0 Å². The number of esters is 1. The maximum atomic E-state index is 13.7. The molecule has 0 radical (unpaired) electrons. The van der Waals surface area contributed by atoms with Crippen molar-refractivity contribution in [3.63, 3.8) is 0 Å². The highest BCUT2D eigenvalue weighted by Crippen LogP contribution is 2.30. The summed E-state index contributed by atoms with van der Waals surface area (Å²) < 4.78 is 9.58. The summed E-state index contributed by atoms with van der Waals surface area (Å²) in [6, 6.07) is 17.1. The van der Waals surface area contributed by atoms with Crippen LogP contribution in [-0.2, 0) is 16.6 Å². The summed E-state index contributed by atoms with van der Waals surface area (Å²) in [6.07, 6.45) is 3.93. The van der Waals surface area contributed by atoms with E-state index in [0.29, 0.717) is 20.6 Å². The molecule has 2 aromatic carbocycles. The number of hydrogen-bond acceptors (Lipinski definition) is 5. The molecular formula is C26H23N3O3S. The lowest BCUT2D eigenvalue weighted by Crippen LogP contribution is -2.39. The maximum absolute atomic E-state index is 13.7. The largest absolute Gasteiger partial charge is 0.463 e. The molecule has 0 aliphatic carbocycles. The van der Waals surface area contributed by atoms with Crippen molar-refractivity contribution in [3.05, 3.63) is 103 Å². The van der Waals surface area contributed by atoms with Crippen molar-refractivity contribution in [2.75, 3.05) is 6.61 Å². The fourth-order valence-electron chi connectivity index (χ4n) is 4.37. The van der Waals surface area contributed by atoms with Gasteiger partial charge in [0.25, 0.3) is 5.56 Å². The number of nitrogens with zero attached hydrogens (tertiary/aromatic N) is 3. The minimum absolute atomic E-state index is 0.171. The van der Waals surface area contributed by atoms with Crippen molar-refractivity contribution in [2.45, 2.75) is 19.9 Å². The van der Waals surface area contributed by atoms with Crippen molar-refractivity contribution in [1.29, 1.82) is 0 Å². The Morgan fingerprint density at radius 2 is 1.88 bits per heavy atom. The Hall–Kier alpha value is -3.71. The van der Waals surface area contributed by atoms with Gasteiger partial charge in [-0.05, 0) is 31.6 Å². The molecule has 0 saturated heterocycles. The van der Waals surface area contributed by atoms with Gasteiger partial charge >= 0.3 is 5.97 Å². The van der Waals surface area contributed by atoms with Crippen LogP contribution >= 0.6 is 11.3 Å². The maximum Gasteiger partial charge on any atom is 0.338 e. The average Bonchev–Trinajstić information content (AvgIpc) is 3.30. The summed E-state index contributed by atoms with van der Waals surface area (Å²) in [5.41, 5.74) is 3.70. The predicted molar refractivity (Wildman–Crippen MR) is 130 cm³/mol. The van der Waals surface area contributed by atoms with Crippen LogP contribution in [0.2, 0.25) is 0 Å². The second-order valence-electron chi connectivity index (χ2n) is 7.93. The zero-order valence-electron chi connectivity index (χ0n) is 18.6. The highest BCUT2D eigenvalue weighted by molar-refractivity contribution is 7.07. The van der Waals surface area contributed by atoms with E-state index in [1.54, 1.807) is 18.4 Å². The first-order valence-electron chi connectivity index (χ1n) is 10.8. The molecule has 0 saturated carbocycles. The van der Waals surface area contributed by atoms with Gasteiger partial charge in [0.15, 0.2) is 4.80 Å². The molecule has 0 unspecified atom stereocenters. The number of aromatic nitrogens is 2. The first kappa shape index (κ1) is 21.2. The molecule has 1 aliphatic heterocycles. The zero-order chi connectivity index (χ0) is 23.1. The number of benzene rings is 2. The number of carbonyl (C=O) groups excluding carboxylic acids is 1. The molecule has 3 heterocycles. The number of hydrogen-bond donors (Lipinski definition) is 0. The Balaban J connectivity index is 1.75. The Labute approximate surface area is 194 Å². The third-order valence-electron chi connectivity index (χ3n) is 5.85. The Morgan fingerprint density at radius 1 is 1.15 bits per heavy atom. The number of para-hydroxylation sites is 1. The Kier molecular flexibility index (Phi) is 5.34. The van der Waals surface area contributed by atoms with Gasteiger partial charge in [-0.2, -0.15) is 0 Å². The van der Waals surface area contributed by atoms with E-state index in [9.17, 15) is 9.59 Å². The molecule has 0 amide bonds. The summed E-state index contributed by atoms with van der Waals surface area (Å²) in [4.78, 5) is 31.8. The standard InChI is InChI=1S/C26H23N3O3S/c1-4-32-25(31)22-16(2)27-26-29(23(22)17-10-6-5-7-11-17)24(30)21(33-26)14-18-15-28(3)20-13-9-8-12-19(18)20/h5-15,23H,4H2,1-3H3/b21-14+/t23-/m0/s1. The van der Waals surface area contributed by atoms with Gasteiger partial charge < -0.3 is 9.30 Å². The van der Waals surface area contributed by atoms with Crippen LogP contribution in [0.3, 0.4) is 0 Å². The van der Waals surface area contributed by atoms with Crippen LogP contribution in [0.15, 0.2) is 81.9 Å². The van der Waals surface area contributed by atoms with Crippen molar-refractivity contribution >= 4 is 34.3 Å². The number of carbonyl (C=O) groups is 1. The van der Waals surface area contributed by atoms with Crippen molar-refractivity contribution in [2.24, 2.45) is 12.0 Å². The Morgan fingerprint density at radius 3 is 2.64 bits per heavy atom. The van der Waals surface area contributed by atoms with Crippen molar-refractivity contribution < 1.29 is 9.53 Å². The normalized spacial score (nSPS) is 16.1. The molecule has 33 heavy (non-hydrogen) atoms. The molecule has 1 aliphatic rings. The highest BCUT2D eigenvalue weighted by Gasteiger charge is 2.33. The third kappa shape index (κ3) is 3.54. The lowest BCUT2D eigenvalue weighted by Gasteiger charge is -2.24. The first-order chi connectivity index (χ1) is 16.0. The smallest absolute Gasteiger partial charge is 0.338 e. The lowest BCUT2D eigenvalue weighted by molar-refractivity contribution is -0.139. The quantitative estimate of drug-likeness (QED) is 0.442. The van der Waals surface area contributed by atoms with E-state index < -0.39 is 12.0 Å². The monoisotopic (exact) mass is 457 g/mol. The second-order valence-corrected chi connectivity index (χ2v) is 8.93. The number of rotatable bonds is 4. The fourth-order valence-corrected chi connectivity index (χ4v) is 5.41. The molecule has 5 rings (SSSR count). The van der Waals surface area contributed by atoms with E-state index in [1.807, 2.05) is 72.4 Å². The molecule has 0 bridgehead atoms. The predicted octanol–water partition coefficient (Wildman–Crippen LogP) is 3.29. The van der Waals surface area contributed by atoms with Gasteiger partial charge in [-0.3, -0.25) is 9.36 Å². The van der Waals surface area contributed by atoms with E-state index in [-0.39, 0.29) is 12.2 Å². The number of ether oxygens (including phenoxy) is 1. The van der Waals surface area contributed by atoms with Gasteiger partial charge in [-0.1, -0.05) is 59.9 Å². The molecule has 1 atom stereocenters. The fraction of sp³-hybridized carbons (Fsp3) is 0.192. The molecule has 2 aromatic heterocycles. The van der Waals surface area contributed by atoms with Gasteiger partial charge in [0.1, 0.15) is 0 Å². The summed E-state index contributed by atoms with van der Waals surface area (Å²) in [5.74, 6) is -0.448. The van der Waals surface area contributed by atoms with Crippen molar-refractivity contribution in [3.8, 4) is 0 Å². The molecule has 6 nitrogen and oxygen atoms in total. The molecule has 166 valence electrons. The summed E-state index contributed by atoms with van der Waals surface area (Å²) in [5, 5.41) is 1.08. The van der Waals surface area contributed by atoms with Crippen LogP contribution in [-0.4, -0.2) is 21.7 Å². The van der Waals surface area contributed by atoms with Crippen molar-refractivity contribution in [1.82, 2.24) is 9.13 Å². The third-order valence-corrected chi connectivity index (χ3v) is 6.83. The molecule has 0 N–H and O–H groups in total. The van der Waals surface area contributed by atoms with Gasteiger partial charge in [0.2, 0.25) is 0 Å². The van der Waals surface area contributed by atoms with Crippen LogP contribution in [0.5, 0.6) is 0 Å². The van der Waals surface area contributed by atoms with E-state index in [1.165, 1.54) is 11.3 Å². The van der Waals surface area contributed by atoms with Crippen LogP contribution in [0.1, 0.15) is 31.0 Å². The summed E-state index contributed by atoms with van der Waals surface area (Å²) in [7, 11) is 1.99.